The van der Waals surface area contributed by atoms with Gasteiger partial charge in [0.25, 0.3) is 0 Å². The number of hydrogen-bond donors (Lipinski definition) is 1. The zero-order chi connectivity index (χ0) is 19.4. The van der Waals surface area contributed by atoms with Gasteiger partial charge in [-0.05, 0) is 48.7 Å². The maximum atomic E-state index is 12.5. The highest BCUT2D eigenvalue weighted by Crippen LogP contribution is 2.30. The first kappa shape index (κ1) is 18.8. The van der Waals surface area contributed by atoms with E-state index in [1.54, 1.807) is 7.05 Å². The monoisotopic (exact) mass is 368 g/mol. The number of nitrogens with zero attached hydrogens (tertiary/aromatic N) is 1. The van der Waals surface area contributed by atoms with Crippen LogP contribution in [0.25, 0.3) is 0 Å². The zero-order valence-corrected chi connectivity index (χ0v) is 15.9. The van der Waals surface area contributed by atoms with Gasteiger partial charge in [0.05, 0.1) is 13.0 Å². The molecule has 1 aliphatic rings. The van der Waals surface area contributed by atoms with E-state index in [-0.39, 0.29) is 24.8 Å². The van der Waals surface area contributed by atoms with Crippen LogP contribution in [0.1, 0.15) is 16.7 Å². The fourth-order valence-electron chi connectivity index (χ4n) is 2.89. The Kier molecular flexibility index (Phi) is 5.64. The van der Waals surface area contributed by atoms with E-state index in [1.807, 2.05) is 50.2 Å². The van der Waals surface area contributed by atoms with Crippen LogP contribution in [0.15, 0.2) is 36.4 Å². The number of ether oxygens (including phenoxy) is 2. The van der Waals surface area contributed by atoms with E-state index < -0.39 is 0 Å². The molecule has 0 saturated carbocycles. The molecule has 0 unspecified atom stereocenters. The third-order valence-electron chi connectivity index (χ3n) is 4.65. The Hall–Kier alpha value is -3.02. The summed E-state index contributed by atoms with van der Waals surface area (Å²) in [5.41, 5.74) is 3.73. The van der Waals surface area contributed by atoms with Crippen LogP contribution in [0.4, 0.5) is 5.69 Å². The number of fused-ring (bicyclic) bond motifs is 1. The van der Waals surface area contributed by atoms with Gasteiger partial charge in [0.15, 0.2) is 11.5 Å². The highest BCUT2D eigenvalue weighted by atomic mass is 16.6. The van der Waals surface area contributed by atoms with Crippen molar-refractivity contribution in [2.45, 2.75) is 20.3 Å². The molecule has 0 saturated heterocycles. The summed E-state index contributed by atoms with van der Waals surface area (Å²) in [6.45, 7) is 4.98. The molecule has 2 aromatic rings. The number of carbonyl (C=O) groups excluding carboxylic acids is 2. The van der Waals surface area contributed by atoms with Gasteiger partial charge in [0.1, 0.15) is 13.2 Å². The third-order valence-corrected chi connectivity index (χ3v) is 4.65. The number of aryl methyl sites for hydroxylation is 1. The van der Waals surface area contributed by atoms with E-state index in [1.165, 1.54) is 4.90 Å². The zero-order valence-electron chi connectivity index (χ0n) is 15.9. The van der Waals surface area contributed by atoms with Gasteiger partial charge in [-0.15, -0.1) is 0 Å². The van der Waals surface area contributed by atoms with Gasteiger partial charge >= 0.3 is 0 Å². The van der Waals surface area contributed by atoms with Crippen molar-refractivity contribution in [2.24, 2.45) is 0 Å². The molecule has 3 rings (SSSR count). The Morgan fingerprint density at radius 1 is 1.07 bits per heavy atom. The molecular formula is C21H24N2O4. The lowest BCUT2D eigenvalue weighted by atomic mass is 10.1. The minimum atomic E-state index is -0.221. The van der Waals surface area contributed by atoms with Crippen LogP contribution in [0.2, 0.25) is 0 Å². The second-order valence-corrected chi connectivity index (χ2v) is 6.70. The van der Waals surface area contributed by atoms with E-state index in [2.05, 4.69) is 5.32 Å². The number of likely N-dealkylation sites (N-methyl/N-ethyl adjacent to an activating group) is 1. The van der Waals surface area contributed by atoms with Crippen LogP contribution in [0.5, 0.6) is 11.5 Å². The molecule has 0 aliphatic carbocycles. The van der Waals surface area contributed by atoms with Gasteiger partial charge in [0, 0.05) is 12.7 Å². The summed E-state index contributed by atoms with van der Waals surface area (Å²) >= 11 is 0. The fourth-order valence-corrected chi connectivity index (χ4v) is 2.89. The largest absolute Gasteiger partial charge is 0.486 e. The highest BCUT2D eigenvalue weighted by molar-refractivity contribution is 5.95. The highest BCUT2D eigenvalue weighted by Gasteiger charge is 2.17. The Morgan fingerprint density at radius 2 is 1.81 bits per heavy atom. The van der Waals surface area contributed by atoms with Crippen LogP contribution in [-0.2, 0) is 16.0 Å². The molecule has 6 heteroatoms. The minimum absolute atomic E-state index is 0.00321. The SMILES string of the molecule is Cc1cccc(NC(=O)CN(C)C(=O)Cc2ccc3c(c2)OCCO3)c1C. The van der Waals surface area contributed by atoms with Crippen molar-refractivity contribution in [3.05, 3.63) is 53.1 Å². The molecule has 0 bridgehead atoms. The standard InChI is InChI=1S/C21H24N2O4/c1-14-5-4-6-17(15(14)2)22-20(24)13-23(3)21(25)12-16-7-8-18-19(11-16)27-10-9-26-18/h4-8,11H,9-10,12-13H2,1-3H3,(H,22,24). The van der Waals surface area contributed by atoms with Gasteiger partial charge in [0.2, 0.25) is 11.8 Å². The Labute approximate surface area is 159 Å². The maximum absolute atomic E-state index is 12.5. The predicted octanol–water partition coefficient (Wildman–Crippen LogP) is 2.71. The van der Waals surface area contributed by atoms with Gasteiger partial charge in [-0.25, -0.2) is 0 Å². The molecule has 1 aliphatic heterocycles. The Morgan fingerprint density at radius 3 is 2.59 bits per heavy atom. The molecule has 0 radical (unpaired) electrons. The predicted molar refractivity (Wildman–Crippen MR) is 103 cm³/mol. The number of anilines is 1. The molecule has 0 spiro atoms. The van der Waals surface area contributed by atoms with Crippen molar-refractivity contribution >= 4 is 17.5 Å². The second kappa shape index (κ2) is 8.12. The summed E-state index contributed by atoms with van der Waals surface area (Å²) in [5.74, 6) is 0.991. The molecule has 0 aromatic heterocycles. The summed E-state index contributed by atoms with van der Waals surface area (Å²) < 4.78 is 11.0. The molecule has 1 N–H and O–H groups in total. The number of amides is 2. The molecule has 6 nitrogen and oxygen atoms in total. The lowest BCUT2D eigenvalue weighted by Gasteiger charge is -2.20. The normalized spacial score (nSPS) is 12.4. The number of nitrogens with one attached hydrogen (secondary N) is 1. The van der Waals surface area contributed by atoms with E-state index in [0.29, 0.717) is 24.7 Å². The quantitative estimate of drug-likeness (QED) is 0.881. The lowest BCUT2D eigenvalue weighted by molar-refractivity contribution is -0.132. The van der Waals surface area contributed by atoms with Crippen molar-refractivity contribution in [1.82, 2.24) is 4.90 Å². The number of hydrogen-bond acceptors (Lipinski definition) is 4. The molecule has 2 amide bonds. The third kappa shape index (κ3) is 4.58. The van der Waals surface area contributed by atoms with Gasteiger partial charge < -0.3 is 19.7 Å². The Bertz CT molecular complexity index is 863. The van der Waals surface area contributed by atoms with Crippen LogP contribution >= 0.6 is 0 Å². The van der Waals surface area contributed by atoms with Gasteiger partial charge in [-0.1, -0.05) is 18.2 Å². The number of rotatable bonds is 5. The first-order chi connectivity index (χ1) is 12.9. The van der Waals surface area contributed by atoms with Crippen molar-refractivity contribution in [2.75, 3.05) is 32.1 Å². The summed E-state index contributed by atoms with van der Waals surface area (Å²) in [7, 11) is 1.63. The van der Waals surface area contributed by atoms with Crippen LogP contribution in [0.3, 0.4) is 0 Å². The lowest BCUT2D eigenvalue weighted by Crippen LogP contribution is -2.36. The van der Waals surface area contributed by atoms with Crippen molar-refractivity contribution in [3.8, 4) is 11.5 Å². The number of benzene rings is 2. The van der Waals surface area contributed by atoms with Crippen LogP contribution in [0, 0.1) is 13.8 Å². The maximum Gasteiger partial charge on any atom is 0.243 e. The van der Waals surface area contributed by atoms with Crippen molar-refractivity contribution in [1.29, 1.82) is 0 Å². The molecule has 0 fully saturated rings. The first-order valence-electron chi connectivity index (χ1n) is 8.92. The summed E-state index contributed by atoms with van der Waals surface area (Å²) in [4.78, 5) is 26.2. The Balaban J connectivity index is 1.57. The number of carbonyl (C=O) groups is 2. The minimum Gasteiger partial charge on any atom is -0.486 e. The molecule has 0 atom stereocenters. The topological polar surface area (TPSA) is 67.9 Å². The van der Waals surface area contributed by atoms with Crippen LogP contribution < -0.4 is 14.8 Å². The molecule has 1 heterocycles. The van der Waals surface area contributed by atoms with Crippen molar-refractivity contribution in [3.63, 3.8) is 0 Å². The fraction of sp³-hybridized carbons (Fsp3) is 0.333. The van der Waals surface area contributed by atoms with E-state index in [4.69, 9.17) is 9.47 Å². The molecule has 2 aromatic carbocycles. The summed E-state index contributed by atoms with van der Waals surface area (Å²) in [6, 6.07) is 11.2. The van der Waals surface area contributed by atoms with E-state index >= 15 is 0 Å². The average molecular weight is 368 g/mol. The molecule has 27 heavy (non-hydrogen) atoms. The summed E-state index contributed by atoms with van der Waals surface area (Å²) in [6.07, 6.45) is 0.198. The smallest absolute Gasteiger partial charge is 0.243 e. The first-order valence-corrected chi connectivity index (χ1v) is 8.92. The van der Waals surface area contributed by atoms with Gasteiger partial charge in [-0.2, -0.15) is 0 Å². The molecular weight excluding hydrogens is 344 g/mol. The van der Waals surface area contributed by atoms with E-state index in [0.717, 1.165) is 22.4 Å². The molecule has 142 valence electrons. The second-order valence-electron chi connectivity index (χ2n) is 6.70. The summed E-state index contributed by atoms with van der Waals surface area (Å²) in [5, 5.41) is 2.87. The van der Waals surface area contributed by atoms with Crippen molar-refractivity contribution < 1.29 is 19.1 Å². The average Bonchev–Trinajstić information content (AvgIpc) is 2.65. The van der Waals surface area contributed by atoms with Gasteiger partial charge in [-0.3, -0.25) is 9.59 Å². The van der Waals surface area contributed by atoms with E-state index in [9.17, 15) is 9.59 Å². The van der Waals surface area contributed by atoms with Crippen LogP contribution in [-0.4, -0.2) is 43.5 Å².